The second-order valence-electron chi connectivity index (χ2n) is 2.83. The van der Waals surface area contributed by atoms with Crippen molar-refractivity contribution in [2.45, 2.75) is 13.3 Å². The highest BCUT2D eigenvalue weighted by Crippen LogP contribution is 2.17. The van der Waals surface area contributed by atoms with Crippen molar-refractivity contribution < 1.29 is 9.53 Å². The Morgan fingerprint density at radius 1 is 1.71 bits per heavy atom. The van der Waals surface area contributed by atoms with Gasteiger partial charge in [-0.05, 0) is 18.6 Å². The van der Waals surface area contributed by atoms with Crippen molar-refractivity contribution in [3.05, 3.63) is 23.4 Å². The molecule has 1 aromatic heterocycles. The number of nitriles is 1. The first-order valence-electron chi connectivity index (χ1n) is 4.10. The quantitative estimate of drug-likeness (QED) is 0.677. The Labute approximate surface area is 82.1 Å². The summed E-state index contributed by atoms with van der Waals surface area (Å²) >= 11 is 0. The highest BCUT2D eigenvalue weighted by Gasteiger charge is 2.12. The summed E-state index contributed by atoms with van der Waals surface area (Å²) in [5.74, 6) is 0.0106. The average molecular weight is 190 g/mol. The number of Topliss-reactive ketones (excluding diaryl/α,β-unsaturated/α-hetero) is 1. The largest absolute Gasteiger partial charge is 0.480 e. The van der Waals surface area contributed by atoms with Crippen LogP contribution in [0.3, 0.4) is 0 Å². The molecule has 0 amide bonds. The van der Waals surface area contributed by atoms with E-state index >= 15 is 0 Å². The van der Waals surface area contributed by atoms with Crippen LogP contribution in [0.15, 0.2) is 12.3 Å². The van der Waals surface area contributed by atoms with Gasteiger partial charge in [-0.2, -0.15) is 5.26 Å². The number of rotatable bonds is 3. The molecule has 0 atom stereocenters. The van der Waals surface area contributed by atoms with Crippen LogP contribution in [0.1, 0.15) is 22.3 Å². The van der Waals surface area contributed by atoms with Gasteiger partial charge in [-0.3, -0.25) is 4.79 Å². The van der Waals surface area contributed by atoms with Gasteiger partial charge in [-0.15, -0.1) is 0 Å². The van der Waals surface area contributed by atoms with Crippen LogP contribution in [0.2, 0.25) is 0 Å². The third kappa shape index (κ3) is 2.07. The van der Waals surface area contributed by atoms with Gasteiger partial charge in [-0.1, -0.05) is 0 Å². The van der Waals surface area contributed by atoms with Crippen LogP contribution in [0.5, 0.6) is 5.88 Å². The Kier molecular flexibility index (Phi) is 3.19. The molecule has 0 spiro atoms. The lowest BCUT2D eigenvalue weighted by atomic mass is 10.1. The van der Waals surface area contributed by atoms with Crippen molar-refractivity contribution in [1.29, 1.82) is 5.26 Å². The van der Waals surface area contributed by atoms with E-state index in [0.717, 1.165) is 5.56 Å². The number of ketones is 1. The van der Waals surface area contributed by atoms with Crippen LogP contribution >= 0.6 is 0 Å². The zero-order valence-electron chi connectivity index (χ0n) is 8.07. The first-order chi connectivity index (χ1) is 6.69. The number of pyridine rings is 1. The van der Waals surface area contributed by atoms with E-state index in [1.54, 1.807) is 18.3 Å². The lowest BCUT2D eigenvalue weighted by molar-refractivity contribution is 0.0994. The van der Waals surface area contributed by atoms with E-state index in [4.69, 9.17) is 10.00 Å². The van der Waals surface area contributed by atoms with Gasteiger partial charge < -0.3 is 4.74 Å². The molecule has 1 rings (SSSR count). The highest BCUT2D eigenvalue weighted by molar-refractivity contribution is 5.99. The number of aromatic nitrogens is 1. The maximum atomic E-state index is 11.4. The summed E-state index contributed by atoms with van der Waals surface area (Å²) in [6.07, 6.45) is 1.46. The van der Waals surface area contributed by atoms with Gasteiger partial charge in [0.15, 0.2) is 5.78 Å². The summed E-state index contributed by atoms with van der Waals surface area (Å²) < 4.78 is 4.93. The number of aryl methyl sites for hydroxylation is 1. The lowest BCUT2D eigenvalue weighted by Gasteiger charge is -2.04. The predicted octanol–water partition coefficient (Wildman–Crippen LogP) is 1.49. The molecular formula is C10H10N2O2. The minimum atomic E-state index is -0.263. The van der Waals surface area contributed by atoms with Crippen molar-refractivity contribution in [1.82, 2.24) is 4.98 Å². The van der Waals surface area contributed by atoms with Gasteiger partial charge in [0.05, 0.1) is 25.2 Å². The molecule has 1 heterocycles. The lowest BCUT2D eigenvalue weighted by Crippen LogP contribution is -2.03. The first kappa shape index (κ1) is 10.2. The molecule has 4 nitrogen and oxygen atoms in total. The van der Waals surface area contributed by atoms with E-state index in [1.165, 1.54) is 7.11 Å². The molecule has 0 aliphatic rings. The molecule has 0 radical (unpaired) electrons. The molecule has 0 aliphatic carbocycles. The molecule has 0 saturated heterocycles. The van der Waals surface area contributed by atoms with E-state index in [9.17, 15) is 4.79 Å². The van der Waals surface area contributed by atoms with Crippen molar-refractivity contribution in [3.63, 3.8) is 0 Å². The normalized spacial score (nSPS) is 9.21. The minimum Gasteiger partial charge on any atom is -0.480 e. The fourth-order valence-electron chi connectivity index (χ4n) is 1.09. The summed E-state index contributed by atoms with van der Waals surface area (Å²) in [5, 5.41) is 8.40. The first-order valence-corrected chi connectivity index (χ1v) is 4.10. The Morgan fingerprint density at radius 3 is 3.00 bits per heavy atom. The number of carbonyl (C=O) groups excluding carboxylic acids is 1. The van der Waals surface area contributed by atoms with Crippen LogP contribution in [0, 0.1) is 18.3 Å². The maximum Gasteiger partial charge on any atom is 0.224 e. The fourth-order valence-corrected chi connectivity index (χ4v) is 1.09. The maximum absolute atomic E-state index is 11.4. The Balaban J connectivity index is 3.11. The van der Waals surface area contributed by atoms with Gasteiger partial charge in [0.25, 0.3) is 0 Å². The zero-order valence-corrected chi connectivity index (χ0v) is 8.07. The van der Waals surface area contributed by atoms with Crippen molar-refractivity contribution in [3.8, 4) is 11.9 Å². The molecule has 14 heavy (non-hydrogen) atoms. The summed E-state index contributed by atoms with van der Waals surface area (Å²) in [6.45, 7) is 1.83. The molecular weight excluding hydrogens is 180 g/mol. The number of carbonyl (C=O) groups is 1. The topological polar surface area (TPSA) is 63.0 Å². The molecule has 0 bridgehead atoms. The molecule has 0 aliphatic heterocycles. The number of hydrogen-bond acceptors (Lipinski definition) is 4. The summed E-state index contributed by atoms with van der Waals surface area (Å²) in [7, 11) is 1.45. The van der Waals surface area contributed by atoms with E-state index in [2.05, 4.69) is 4.98 Å². The van der Waals surface area contributed by atoms with Crippen molar-refractivity contribution in [2.75, 3.05) is 7.11 Å². The van der Waals surface area contributed by atoms with E-state index in [-0.39, 0.29) is 18.1 Å². The van der Waals surface area contributed by atoms with Gasteiger partial charge in [0.1, 0.15) is 0 Å². The second-order valence-corrected chi connectivity index (χ2v) is 2.83. The Hall–Kier alpha value is -1.89. The Bertz CT molecular complexity index is 394. The third-order valence-electron chi connectivity index (χ3n) is 1.72. The molecule has 0 N–H and O–H groups in total. The molecule has 0 fully saturated rings. The van der Waals surface area contributed by atoms with Crippen LogP contribution in [-0.2, 0) is 0 Å². The van der Waals surface area contributed by atoms with Crippen molar-refractivity contribution >= 4 is 5.78 Å². The molecule has 0 unspecified atom stereocenters. The van der Waals surface area contributed by atoms with Crippen molar-refractivity contribution in [2.24, 2.45) is 0 Å². The van der Waals surface area contributed by atoms with E-state index in [1.807, 2.05) is 6.92 Å². The number of nitrogens with zero attached hydrogens (tertiary/aromatic N) is 2. The fraction of sp³-hybridized carbons (Fsp3) is 0.300. The third-order valence-corrected chi connectivity index (χ3v) is 1.72. The molecule has 1 aromatic rings. The standard InChI is InChI=1S/C10H10N2O2/c1-7-5-8(9(13)3-4-11)10(14-2)12-6-7/h5-6H,3H2,1-2H3. The van der Waals surface area contributed by atoms with Crippen LogP contribution in [0.25, 0.3) is 0 Å². The molecule has 0 aromatic carbocycles. The zero-order chi connectivity index (χ0) is 10.6. The highest BCUT2D eigenvalue weighted by atomic mass is 16.5. The summed E-state index contributed by atoms with van der Waals surface area (Å²) in [4.78, 5) is 15.4. The van der Waals surface area contributed by atoms with E-state index < -0.39 is 0 Å². The van der Waals surface area contributed by atoms with Gasteiger partial charge in [0, 0.05) is 6.20 Å². The van der Waals surface area contributed by atoms with Crippen LogP contribution in [-0.4, -0.2) is 17.9 Å². The number of ether oxygens (including phenoxy) is 1. The van der Waals surface area contributed by atoms with Gasteiger partial charge in [-0.25, -0.2) is 4.98 Å². The van der Waals surface area contributed by atoms with Gasteiger partial charge >= 0.3 is 0 Å². The monoisotopic (exact) mass is 190 g/mol. The molecule has 0 saturated carbocycles. The summed E-state index contributed by atoms with van der Waals surface area (Å²) in [6, 6.07) is 3.48. The molecule has 4 heteroatoms. The summed E-state index contributed by atoms with van der Waals surface area (Å²) in [5.41, 5.74) is 1.24. The van der Waals surface area contributed by atoms with Crippen LogP contribution in [0.4, 0.5) is 0 Å². The second kappa shape index (κ2) is 4.38. The molecule has 72 valence electrons. The Morgan fingerprint density at radius 2 is 2.43 bits per heavy atom. The SMILES string of the molecule is COc1ncc(C)cc1C(=O)CC#N. The number of hydrogen-bond donors (Lipinski definition) is 0. The van der Waals surface area contributed by atoms with Gasteiger partial charge in [0.2, 0.25) is 5.88 Å². The van der Waals surface area contributed by atoms with E-state index in [0.29, 0.717) is 5.56 Å². The minimum absolute atomic E-state index is 0.151. The number of methoxy groups -OCH3 is 1. The predicted molar refractivity (Wildman–Crippen MR) is 50.1 cm³/mol. The smallest absolute Gasteiger partial charge is 0.224 e. The van der Waals surface area contributed by atoms with Crippen LogP contribution < -0.4 is 4.74 Å². The average Bonchev–Trinajstić information content (AvgIpc) is 2.18.